The molecule has 15 heavy (non-hydrogen) atoms. The molecule has 0 unspecified atom stereocenters. The van der Waals surface area contributed by atoms with E-state index in [0.717, 1.165) is 5.56 Å². The third-order valence-corrected chi connectivity index (χ3v) is 3.71. The Morgan fingerprint density at radius 3 is 2.80 bits per heavy atom. The van der Waals surface area contributed by atoms with Crippen LogP contribution >= 0.6 is 11.3 Å². The smallest absolute Gasteiger partial charge is 0.0696 e. The van der Waals surface area contributed by atoms with Gasteiger partial charge >= 0.3 is 0 Å². The van der Waals surface area contributed by atoms with E-state index in [1.54, 1.807) is 11.3 Å². The fraction of sp³-hybridized carbons (Fsp3) is 0.0769. The van der Waals surface area contributed by atoms with Crippen LogP contribution in [-0.4, -0.2) is 5.11 Å². The summed E-state index contributed by atoms with van der Waals surface area (Å²) in [5.74, 6) is 0. The molecule has 0 aliphatic rings. The van der Waals surface area contributed by atoms with Crippen LogP contribution in [0.3, 0.4) is 0 Å². The predicted octanol–water partition coefficient (Wildman–Crippen LogP) is 3.55. The molecule has 0 fully saturated rings. The standard InChI is InChI=1S/C13H10OS/c14-7-10-8-15-12-6-5-9-3-1-2-4-11(9)13(10)12/h1-6,8,14H,7H2. The van der Waals surface area contributed by atoms with E-state index in [4.69, 9.17) is 0 Å². The lowest BCUT2D eigenvalue weighted by Gasteiger charge is -2.01. The summed E-state index contributed by atoms with van der Waals surface area (Å²) in [6.45, 7) is 0.119. The van der Waals surface area contributed by atoms with Gasteiger partial charge in [0.05, 0.1) is 6.61 Å². The van der Waals surface area contributed by atoms with Gasteiger partial charge in [-0.25, -0.2) is 0 Å². The van der Waals surface area contributed by atoms with E-state index >= 15 is 0 Å². The van der Waals surface area contributed by atoms with Crippen molar-refractivity contribution in [2.24, 2.45) is 0 Å². The number of benzene rings is 2. The molecule has 0 spiro atoms. The largest absolute Gasteiger partial charge is 0.392 e. The quantitative estimate of drug-likeness (QED) is 0.656. The molecule has 0 aliphatic carbocycles. The molecule has 0 aliphatic heterocycles. The molecule has 0 bridgehead atoms. The lowest BCUT2D eigenvalue weighted by Crippen LogP contribution is -1.80. The van der Waals surface area contributed by atoms with Crippen molar-refractivity contribution >= 4 is 32.2 Å². The van der Waals surface area contributed by atoms with E-state index in [2.05, 4.69) is 24.3 Å². The van der Waals surface area contributed by atoms with Crippen LogP contribution in [-0.2, 0) is 6.61 Å². The van der Waals surface area contributed by atoms with Gasteiger partial charge in [0.2, 0.25) is 0 Å². The zero-order chi connectivity index (χ0) is 10.3. The highest BCUT2D eigenvalue weighted by Gasteiger charge is 2.06. The molecule has 0 atom stereocenters. The van der Waals surface area contributed by atoms with Crippen LogP contribution in [0, 0.1) is 0 Å². The van der Waals surface area contributed by atoms with Crippen molar-refractivity contribution in [3.8, 4) is 0 Å². The summed E-state index contributed by atoms with van der Waals surface area (Å²) in [4.78, 5) is 0. The summed E-state index contributed by atoms with van der Waals surface area (Å²) >= 11 is 1.69. The molecular formula is C13H10OS. The maximum absolute atomic E-state index is 9.29. The van der Waals surface area contributed by atoms with Gasteiger partial charge in [-0.2, -0.15) is 0 Å². The van der Waals surface area contributed by atoms with Crippen molar-refractivity contribution in [3.63, 3.8) is 0 Å². The third-order valence-electron chi connectivity index (χ3n) is 2.71. The summed E-state index contributed by atoms with van der Waals surface area (Å²) in [6.07, 6.45) is 0. The summed E-state index contributed by atoms with van der Waals surface area (Å²) < 4.78 is 1.25. The first kappa shape index (κ1) is 8.89. The molecule has 1 N–H and O–H groups in total. The Morgan fingerprint density at radius 1 is 1.07 bits per heavy atom. The van der Waals surface area contributed by atoms with Crippen LogP contribution in [0.4, 0.5) is 0 Å². The second-order valence-electron chi connectivity index (χ2n) is 3.58. The topological polar surface area (TPSA) is 20.2 Å². The monoisotopic (exact) mass is 214 g/mol. The molecular weight excluding hydrogens is 204 g/mol. The number of fused-ring (bicyclic) bond motifs is 3. The second-order valence-corrected chi connectivity index (χ2v) is 4.49. The Labute approximate surface area is 91.6 Å². The van der Waals surface area contributed by atoms with Gasteiger partial charge < -0.3 is 5.11 Å². The average Bonchev–Trinajstić information content (AvgIpc) is 2.72. The van der Waals surface area contributed by atoms with Crippen molar-refractivity contribution < 1.29 is 5.11 Å². The van der Waals surface area contributed by atoms with Gasteiger partial charge in [0.15, 0.2) is 0 Å². The molecule has 3 aromatic rings. The molecule has 1 nitrogen and oxygen atoms in total. The number of rotatable bonds is 1. The van der Waals surface area contributed by atoms with Crippen LogP contribution in [0.1, 0.15) is 5.56 Å². The normalized spacial score (nSPS) is 11.3. The first-order chi connectivity index (χ1) is 7.40. The van der Waals surface area contributed by atoms with Crippen molar-refractivity contribution in [2.45, 2.75) is 6.61 Å². The van der Waals surface area contributed by atoms with Crippen molar-refractivity contribution in [1.82, 2.24) is 0 Å². The van der Waals surface area contributed by atoms with Crippen molar-refractivity contribution in [3.05, 3.63) is 47.3 Å². The summed E-state index contributed by atoms with van der Waals surface area (Å²) in [7, 11) is 0. The number of hydrogen-bond acceptors (Lipinski definition) is 2. The van der Waals surface area contributed by atoms with E-state index in [0.29, 0.717) is 0 Å². The zero-order valence-electron chi connectivity index (χ0n) is 8.10. The van der Waals surface area contributed by atoms with Crippen LogP contribution in [0.25, 0.3) is 20.9 Å². The van der Waals surface area contributed by atoms with Gasteiger partial charge in [0, 0.05) is 10.1 Å². The maximum Gasteiger partial charge on any atom is 0.0696 e. The molecule has 0 saturated carbocycles. The first-order valence-electron chi connectivity index (χ1n) is 4.89. The van der Waals surface area contributed by atoms with Gasteiger partial charge in [-0.1, -0.05) is 30.3 Å². The number of hydrogen-bond donors (Lipinski definition) is 1. The fourth-order valence-corrected chi connectivity index (χ4v) is 2.96. The lowest BCUT2D eigenvalue weighted by atomic mass is 10.0. The van der Waals surface area contributed by atoms with E-state index in [9.17, 15) is 5.11 Å². The zero-order valence-corrected chi connectivity index (χ0v) is 8.92. The Morgan fingerprint density at radius 2 is 1.93 bits per heavy atom. The van der Waals surface area contributed by atoms with Crippen molar-refractivity contribution in [2.75, 3.05) is 0 Å². The van der Waals surface area contributed by atoms with E-state index < -0.39 is 0 Å². The highest BCUT2D eigenvalue weighted by Crippen LogP contribution is 2.32. The second kappa shape index (κ2) is 3.33. The Balaban J connectivity index is 2.56. The van der Waals surface area contributed by atoms with E-state index in [1.165, 1.54) is 20.9 Å². The highest BCUT2D eigenvalue weighted by atomic mass is 32.1. The van der Waals surface area contributed by atoms with Gasteiger partial charge in [0.1, 0.15) is 0 Å². The van der Waals surface area contributed by atoms with Crippen LogP contribution < -0.4 is 0 Å². The van der Waals surface area contributed by atoms with Crippen LogP contribution in [0.2, 0.25) is 0 Å². The summed E-state index contributed by atoms with van der Waals surface area (Å²) in [5.41, 5.74) is 1.03. The average molecular weight is 214 g/mol. The molecule has 74 valence electrons. The molecule has 3 rings (SSSR count). The van der Waals surface area contributed by atoms with E-state index in [-0.39, 0.29) is 6.61 Å². The Kier molecular flexibility index (Phi) is 1.97. The molecule has 2 aromatic carbocycles. The van der Waals surface area contributed by atoms with Crippen LogP contribution in [0.15, 0.2) is 41.8 Å². The predicted molar refractivity (Wildman–Crippen MR) is 65.3 cm³/mol. The molecule has 0 amide bonds. The van der Waals surface area contributed by atoms with Gasteiger partial charge in [-0.3, -0.25) is 0 Å². The molecule has 1 heterocycles. The van der Waals surface area contributed by atoms with Gasteiger partial charge in [-0.15, -0.1) is 11.3 Å². The minimum Gasteiger partial charge on any atom is -0.392 e. The number of aliphatic hydroxyl groups is 1. The highest BCUT2D eigenvalue weighted by molar-refractivity contribution is 7.17. The minimum atomic E-state index is 0.119. The van der Waals surface area contributed by atoms with Crippen molar-refractivity contribution in [1.29, 1.82) is 0 Å². The van der Waals surface area contributed by atoms with Crippen LogP contribution in [0.5, 0.6) is 0 Å². The Hall–Kier alpha value is -1.38. The molecule has 1 aromatic heterocycles. The fourth-order valence-electron chi connectivity index (χ4n) is 1.99. The first-order valence-corrected chi connectivity index (χ1v) is 5.77. The maximum atomic E-state index is 9.29. The molecule has 2 heteroatoms. The van der Waals surface area contributed by atoms with Gasteiger partial charge in [-0.05, 0) is 27.8 Å². The van der Waals surface area contributed by atoms with Gasteiger partial charge in [0.25, 0.3) is 0 Å². The number of thiophene rings is 1. The van der Waals surface area contributed by atoms with E-state index in [1.807, 2.05) is 17.5 Å². The SMILES string of the molecule is OCc1csc2ccc3ccccc3c12. The number of aliphatic hydroxyl groups excluding tert-OH is 1. The summed E-state index contributed by atoms with van der Waals surface area (Å²) in [6, 6.07) is 12.6. The summed E-state index contributed by atoms with van der Waals surface area (Å²) in [5, 5.41) is 15.0. The Bertz CT molecular complexity index is 625. The molecule has 0 saturated heterocycles. The minimum absolute atomic E-state index is 0.119. The lowest BCUT2D eigenvalue weighted by molar-refractivity contribution is 0.284. The molecule has 0 radical (unpaired) electrons. The third kappa shape index (κ3) is 1.26.